The van der Waals surface area contributed by atoms with Crippen LogP contribution < -0.4 is 0 Å². The summed E-state index contributed by atoms with van der Waals surface area (Å²) in [6, 6.07) is 21.9. The van der Waals surface area contributed by atoms with Gasteiger partial charge in [-0.15, -0.1) is 0 Å². The first-order chi connectivity index (χ1) is 10.8. The summed E-state index contributed by atoms with van der Waals surface area (Å²) in [4.78, 5) is 2.93. The van der Waals surface area contributed by atoms with Crippen molar-refractivity contribution >= 4 is 18.1 Å². The summed E-state index contributed by atoms with van der Waals surface area (Å²) in [6.07, 6.45) is 2.54. The molecule has 1 unspecified atom stereocenters. The number of hydrogen-bond donors (Lipinski definition) is 0. The molecule has 1 atom stereocenters. The van der Waals surface area contributed by atoms with Crippen molar-refractivity contribution in [2.24, 2.45) is 0 Å². The van der Waals surface area contributed by atoms with Crippen molar-refractivity contribution < 1.29 is 17.3 Å². The van der Waals surface area contributed by atoms with Gasteiger partial charge >= 0.3 is 7.25 Å². The first-order valence-electron chi connectivity index (χ1n) is 7.53. The van der Waals surface area contributed by atoms with Crippen LogP contribution in [0.5, 0.6) is 0 Å². The van der Waals surface area contributed by atoms with Gasteiger partial charge in [-0.05, 0) is 37.6 Å². The van der Waals surface area contributed by atoms with Crippen molar-refractivity contribution in [2.45, 2.75) is 41.7 Å². The molecule has 0 bridgehead atoms. The van der Waals surface area contributed by atoms with Crippen LogP contribution in [-0.4, -0.2) is 12.5 Å². The van der Waals surface area contributed by atoms with Crippen LogP contribution in [0.4, 0.5) is 17.3 Å². The van der Waals surface area contributed by atoms with E-state index in [1.807, 2.05) is 0 Å². The standard InChI is InChI=1S/C17H21S.BF4/c1-3-10-15(2)18(16-11-6-4-7-12-16)17-13-8-5-9-14-17;2-1(3,4)5/h4-9,11-15H,3,10H2,1-2H3;/q+1;-1. The van der Waals surface area contributed by atoms with Gasteiger partial charge in [-0.25, -0.2) is 0 Å². The lowest BCUT2D eigenvalue weighted by molar-refractivity contribution is 0.368. The Labute approximate surface area is 138 Å². The second-order valence-electron chi connectivity index (χ2n) is 5.06. The lowest BCUT2D eigenvalue weighted by Gasteiger charge is -2.14. The molecule has 0 aliphatic heterocycles. The van der Waals surface area contributed by atoms with Gasteiger partial charge in [0.2, 0.25) is 0 Å². The fourth-order valence-corrected chi connectivity index (χ4v) is 4.83. The molecule has 0 fully saturated rings. The molecule has 2 aromatic carbocycles. The van der Waals surface area contributed by atoms with Crippen LogP contribution in [0.25, 0.3) is 0 Å². The topological polar surface area (TPSA) is 0 Å². The lowest BCUT2D eigenvalue weighted by Crippen LogP contribution is -2.18. The second-order valence-corrected chi connectivity index (χ2v) is 7.48. The average Bonchev–Trinajstić information content (AvgIpc) is 2.48. The van der Waals surface area contributed by atoms with Crippen molar-refractivity contribution in [3.63, 3.8) is 0 Å². The Kier molecular flexibility index (Phi) is 8.24. The fraction of sp³-hybridized carbons (Fsp3) is 0.294. The first-order valence-corrected chi connectivity index (χ1v) is 8.82. The molecule has 0 radical (unpaired) electrons. The van der Waals surface area contributed by atoms with Crippen LogP contribution >= 0.6 is 0 Å². The zero-order valence-corrected chi connectivity index (χ0v) is 14.1. The van der Waals surface area contributed by atoms with Gasteiger partial charge in [0.15, 0.2) is 9.79 Å². The van der Waals surface area contributed by atoms with Crippen molar-refractivity contribution in [2.75, 3.05) is 0 Å². The lowest BCUT2D eigenvalue weighted by atomic mass is 10.3. The number of rotatable bonds is 5. The van der Waals surface area contributed by atoms with Gasteiger partial charge < -0.3 is 17.3 Å². The summed E-state index contributed by atoms with van der Waals surface area (Å²) in [7, 11) is -5.80. The smallest absolute Gasteiger partial charge is 0.418 e. The fourth-order valence-electron chi connectivity index (χ4n) is 2.26. The zero-order valence-electron chi connectivity index (χ0n) is 13.3. The molecular weight excluding hydrogens is 323 g/mol. The highest BCUT2D eigenvalue weighted by Gasteiger charge is 2.31. The normalized spacial score (nSPS) is 12.5. The Morgan fingerprint density at radius 3 is 1.48 bits per heavy atom. The highest BCUT2D eigenvalue weighted by atomic mass is 32.2. The molecule has 0 saturated carbocycles. The number of halogens is 4. The van der Waals surface area contributed by atoms with Gasteiger partial charge in [0.05, 0.1) is 10.9 Å². The molecule has 6 heteroatoms. The van der Waals surface area contributed by atoms with E-state index >= 15 is 0 Å². The number of hydrogen-bond acceptors (Lipinski definition) is 0. The van der Waals surface area contributed by atoms with E-state index in [0.717, 1.165) is 0 Å². The van der Waals surface area contributed by atoms with Crippen molar-refractivity contribution in [1.29, 1.82) is 0 Å². The third-order valence-corrected chi connectivity index (χ3v) is 5.69. The van der Waals surface area contributed by atoms with Gasteiger partial charge in [-0.3, -0.25) is 0 Å². The highest BCUT2D eigenvalue weighted by molar-refractivity contribution is 7.97. The average molecular weight is 344 g/mol. The predicted octanol–water partition coefficient (Wildman–Crippen LogP) is 6.21. The Bertz CT molecular complexity index is 500. The third-order valence-electron chi connectivity index (χ3n) is 3.09. The minimum Gasteiger partial charge on any atom is -0.418 e. The maximum atomic E-state index is 9.75. The Balaban J connectivity index is 0.000000463. The molecule has 0 nitrogen and oxygen atoms in total. The molecule has 0 amide bonds. The predicted molar refractivity (Wildman–Crippen MR) is 91.3 cm³/mol. The van der Waals surface area contributed by atoms with E-state index in [1.54, 1.807) is 0 Å². The molecule has 23 heavy (non-hydrogen) atoms. The van der Waals surface area contributed by atoms with E-state index in [1.165, 1.54) is 22.6 Å². The Morgan fingerprint density at radius 2 is 1.17 bits per heavy atom. The Hall–Kier alpha value is -1.43. The molecule has 0 N–H and O–H groups in total. The minimum atomic E-state index is -6.00. The van der Waals surface area contributed by atoms with Gasteiger partial charge in [-0.1, -0.05) is 49.7 Å². The van der Waals surface area contributed by atoms with Gasteiger partial charge in [0.1, 0.15) is 5.25 Å². The van der Waals surface area contributed by atoms with E-state index in [-0.39, 0.29) is 10.9 Å². The van der Waals surface area contributed by atoms with Crippen LogP contribution in [0.1, 0.15) is 26.7 Å². The zero-order chi connectivity index (χ0) is 17.3. The van der Waals surface area contributed by atoms with E-state index in [9.17, 15) is 17.3 Å². The van der Waals surface area contributed by atoms with Crippen molar-refractivity contribution in [3.8, 4) is 0 Å². The molecule has 0 saturated heterocycles. The van der Waals surface area contributed by atoms with Crippen LogP contribution in [0, 0.1) is 0 Å². The molecule has 0 aliphatic rings. The maximum Gasteiger partial charge on any atom is 0.673 e. The third kappa shape index (κ3) is 8.12. The van der Waals surface area contributed by atoms with Crippen molar-refractivity contribution in [1.82, 2.24) is 0 Å². The summed E-state index contributed by atoms with van der Waals surface area (Å²) in [5, 5.41) is 0.708. The van der Waals surface area contributed by atoms with Crippen LogP contribution in [0.3, 0.4) is 0 Å². The first kappa shape index (κ1) is 19.6. The summed E-state index contributed by atoms with van der Waals surface area (Å²) in [5.41, 5.74) is 0. The molecule has 0 spiro atoms. The van der Waals surface area contributed by atoms with Crippen molar-refractivity contribution in [3.05, 3.63) is 60.7 Å². The SMILES string of the molecule is CCCC(C)[S+](c1ccccc1)c1ccccc1.F[B-](F)(F)F. The molecule has 0 aliphatic carbocycles. The maximum absolute atomic E-state index is 9.75. The molecule has 0 aromatic heterocycles. The largest absolute Gasteiger partial charge is 0.673 e. The quantitative estimate of drug-likeness (QED) is 0.344. The minimum absolute atomic E-state index is 0.204. The molecule has 126 valence electrons. The number of benzene rings is 2. The molecule has 0 heterocycles. The van der Waals surface area contributed by atoms with E-state index < -0.39 is 7.25 Å². The van der Waals surface area contributed by atoms with Crippen LogP contribution in [0.2, 0.25) is 0 Å². The second kappa shape index (κ2) is 9.66. The summed E-state index contributed by atoms with van der Waals surface area (Å²) >= 11 is 0. The molecule has 2 aromatic rings. The monoisotopic (exact) mass is 344 g/mol. The van der Waals surface area contributed by atoms with Gasteiger partial charge in [0, 0.05) is 0 Å². The Morgan fingerprint density at radius 1 is 0.826 bits per heavy atom. The highest BCUT2D eigenvalue weighted by Crippen LogP contribution is 2.29. The summed E-state index contributed by atoms with van der Waals surface area (Å²) < 4.78 is 39.0. The summed E-state index contributed by atoms with van der Waals surface area (Å²) in [5.74, 6) is 0. The molecular formula is C17H21BF4S. The van der Waals surface area contributed by atoms with Gasteiger partial charge in [0.25, 0.3) is 0 Å². The summed E-state index contributed by atoms with van der Waals surface area (Å²) in [6.45, 7) is 4.65. The van der Waals surface area contributed by atoms with Gasteiger partial charge in [-0.2, -0.15) is 0 Å². The van der Waals surface area contributed by atoms with E-state index in [0.29, 0.717) is 5.25 Å². The van der Waals surface area contributed by atoms with E-state index in [2.05, 4.69) is 74.5 Å². The molecule has 2 rings (SSSR count). The van der Waals surface area contributed by atoms with E-state index in [4.69, 9.17) is 0 Å². The van der Waals surface area contributed by atoms with Crippen LogP contribution in [-0.2, 0) is 10.9 Å². The van der Waals surface area contributed by atoms with Crippen LogP contribution in [0.15, 0.2) is 70.5 Å².